The van der Waals surface area contributed by atoms with Gasteiger partial charge in [0, 0.05) is 17.1 Å². The van der Waals surface area contributed by atoms with Crippen LogP contribution in [0.2, 0.25) is 10.0 Å². The molecular formula is C17H14BrCl2N3S. The van der Waals surface area contributed by atoms with Gasteiger partial charge in [0.25, 0.3) is 0 Å². The summed E-state index contributed by atoms with van der Waals surface area (Å²) in [6, 6.07) is 9.62. The Morgan fingerprint density at radius 1 is 1.17 bits per heavy atom. The second kappa shape index (κ2) is 6.71. The van der Waals surface area contributed by atoms with Crippen LogP contribution in [-0.2, 0) is 6.42 Å². The van der Waals surface area contributed by atoms with E-state index in [1.165, 1.54) is 5.56 Å². The maximum atomic E-state index is 6.42. The lowest BCUT2D eigenvalue weighted by Crippen LogP contribution is -2.07. The van der Waals surface area contributed by atoms with Crippen LogP contribution in [0.1, 0.15) is 18.4 Å². The number of nitrogens with zero attached hydrogens (tertiary/aromatic N) is 2. The first kappa shape index (κ1) is 16.5. The van der Waals surface area contributed by atoms with Gasteiger partial charge in [0.15, 0.2) is 0 Å². The first-order valence-electron chi connectivity index (χ1n) is 7.70. The summed E-state index contributed by atoms with van der Waals surface area (Å²) in [5.41, 5.74) is 3.07. The molecule has 0 unspecified atom stereocenters. The molecule has 0 aliphatic carbocycles. The van der Waals surface area contributed by atoms with E-state index in [2.05, 4.69) is 33.4 Å². The van der Waals surface area contributed by atoms with Crippen molar-refractivity contribution in [2.75, 3.05) is 11.9 Å². The maximum Gasteiger partial charge on any atom is 0.133 e. The lowest BCUT2D eigenvalue weighted by atomic mass is 10.1. The minimum absolute atomic E-state index is 0.634. The molecule has 1 aromatic carbocycles. The van der Waals surface area contributed by atoms with Gasteiger partial charge in [-0.05, 0) is 65.5 Å². The summed E-state index contributed by atoms with van der Waals surface area (Å²) in [4.78, 5) is 1.15. The van der Waals surface area contributed by atoms with Crippen molar-refractivity contribution in [1.29, 1.82) is 0 Å². The van der Waals surface area contributed by atoms with E-state index in [1.54, 1.807) is 17.4 Å². The molecule has 124 valence electrons. The molecule has 0 saturated carbocycles. The SMILES string of the molecule is Clc1ccc(Cl)c(-n2nc(-c3ccc(Br)s3)c3c2NCCCC3)c1. The van der Waals surface area contributed by atoms with E-state index in [0.717, 1.165) is 51.7 Å². The van der Waals surface area contributed by atoms with E-state index in [4.69, 9.17) is 28.3 Å². The summed E-state index contributed by atoms with van der Waals surface area (Å²) in [7, 11) is 0. The Kier molecular flexibility index (Phi) is 4.60. The van der Waals surface area contributed by atoms with E-state index in [0.29, 0.717) is 10.0 Å². The number of halogens is 3. The molecule has 4 rings (SSSR count). The van der Waals surface area contributed by atoms with Crippen molar-refractivity contribution in [2.45, 2.75) is 19.3 Å². The van der Waals surface area contributed by atoms with Gasteiger partial charge >= 0.3 is 0 Å². The minimum atomic E-state index is 0.634. The van der Waals surface area contributed by atoms with Gasteiger partial charge in [0.2, 0.25) is 0 Å². The Hall–Kier alpha value is -1.01. The topological polar surface area (TPSA) is 29.9 Å². The summed E-state index contributed by atoms with van der Waals surface area (Å²) in [6.45, 7) is 0.935. The normalized spacial score (nSPS) is 14.1. The highest BCUT2D eigenvalue weighted by atomic mass is 79.9. The highest BCUT2D eigenvalue weighted by Gasteiger charge is 2.23. The molecule has 7 heteroatoms. The van der Waals surface area contributed by atoms with Gasteiger partial charge in [-0.15, -0.1) is 11.3 Å². The Morgan fingerprint density at radius 2 is 2.04 bits per heavy atom. The molecule has 0 saturated heterocycles. The highest BCUT2D eigenvalue weighted by Crippen LogP contribution is 2.39. The van der Waals surface area contributed by atoms with Gasteiger partial charge in [0.1, 0.15) is 11.5 Å². The predicted octanol–water partition coefficient (Wildman–Crippen LogP) is 6.42. The van der Waals surface area contributed by atoms with Gasteiger partial charge in [-0.2, -0.15) is 5.10 Å². The monoisotopic (exact) mass is 441 g/mol. The van der Waals surface area contributed by atoms with E-state index in [9.17, 15) is 0 Å². The second-order valence-corrected chi connectivity index (χ2v) is 8.98. The quantitative estimate of drug-likeness (QED) is 0.496. The molecule has 0 amide bonds. The Bertz CT molecular complexity index is 903. The number of fused-ring (bicyclic) bond motifs is 1. The Balaban J connectivity index is 1.94. The van der Waals surface area contributed by atoms with Crippen LogP contribution in [0.15, 0.2) is 34.1 Å². The zero-order valence-electron chi connectivity index (χ0n) is 12.7. The lowest BCUT2D eigenvalue weighted by molar-refractivity contribution is 0.780. The van der Waals surface area contributed by atoms with Crippen molar-refractivity contribution in [2.24, 2.45) is 0 Å². The second-order valence-electron chi connectivity index (χ2n) is 5.67. The molecule has 0 bridgehead atoms. The smallest absolute Gasteiger partial charge is 0.133 e. The molecule has 0 spiro atoms. The van der Waals surface area contributed by atoms with Gasteiger partial charge in [0.05, 0.1) is 19.4 Å². The molecule has 0 fully saturated rings. The summed E-state index contributed by atoms with van der Waals surface area (Å²) in [5.74, 6) is 1.02. The first-order chi connectivity index (χ1) is 11.6. The molecular weight excluding hydrogens is 429 g/mol. The van der Waals surface area contributed by atoms with Crippen LogP contribution in [0.4, 0.5) is 5.82 Å². The molecule has 3 aromatic rings. The van der Waals surface area contributed by atoms with E-state index in [1.807, 2.05) is 16.8 Å². The van der Waals surface area contributed by atoms with Gasteiger partial charge in [-0.25, -0.2) is 4.68 Å². The number of hydrogen-bond donors (Lipinski definition) is 1. The van der Waals surface area contributed by atoms with Crippen LogP contribution in [0.3, 0.4) is 0 Å². The van der Waals surface area contributed by atoms with Crippen LogP contribution >= 0.6 is 50.5 Å². The molecule has 0 radical (unpaired) electrons. The third-order valence-corrected chi connectivity index (χ3v) is 6.26. The zero-order valence-corrected chi connectivity index (χ0v) is 16.6. The van der Waals surface area contributed by atoms with E-state index >= 15 is 0 Å². The van der Waals surface area contributed by atoms with Crippen LogP contribution in [0.5, 0.6) is 0 Å². The molecule has 24 heavy (non-hydrogen) atoms. The third kappa shape index (κ3) is 2.99. The first-order valence-corrected chi connectivity index (χ1v) is 10.1. The van der Waals surface area contributed by atoms with Crippen molar-refractivity contribution in [3.63, 3.8) is 0 Å². The fourth-order valence-corrected chi connectivity index (χ4v) is 4.73. The molecule has 3 heterocycles. The standard InChI is InChI=1S/C17H14BrCl2N3S/c18-15-7-6-14(24-15)16-11-3-1-2-8-21-17(11)23(22-16)13-9-10(19)4-5-12(13)20/h4-7,9,21H,1-3,8H2. The van der Waals surface area contributed by atoms with Gasteiger partial charge in [-0.1, -0.05) is 23.2 Å². The summed E-state index contributed by atoms with van der Waals surface area (Å²) < 4.78 is 3.00. The van der Waals surface area contributed by atoms with Crippen molar-refractivity contribution in [1.82, 2.24) is 9.78 Å². The number of rotatable bonds is 2. The average molecular weight is 443 g/mol. The molecule has 1 aliphatic heterocycles. The summed E-state index contributed by atoms with van der Waals surface area (Å²) in [6.07, 6.45) is 3.30. The molecule has 3 nitrogen and oxygen atoms in total. The summed E-state index contributed by atoms with van der Waals surface area (Å²) in [5, 5.41) is 9.70. The number of hydrogen-bond acceptors (Lipinski definition) is 3. The molecule has 2 aromatic heterocycles. The fraction of sp³-hybridized carbons (Fsp3) is 0.235. The average Bonchev–Trinajstić information content (AvgIpc) is 3.05. The fourth-order valence-electron chi connectivity index (χ4n) is 2.96. The third-order valence-electron chi connectivity index (χ3n) is 4.07. The number of aromatic nitrogens is 2. The Labute approximate surface area is 162 Å². The number of benzene rings is 1. The highest BCUT2D eigenvalue weighted by molar-refractivity contribution is 9.11. The van der Waals surface area contributed by atoms with Crippen molar-refractivity contribution >= 4 is 56.3 Å². The van der Waals surface area contributed by atoms with Crippen LogP contribution in [0, 0.1) is 0 Å². The molecule has 0 atom stereocenters. The maximum absolute atomic E-state index is 6.42. The number of anilines is 1. The van der Waals surface area contributed by atoms with Crippen LogP contribution in [0.25, 0.3) is 16.3 Å². The van der Waals surface area contributed by atoms with E-state index < -0.39 is 0 Å². The summed E-state index contributed by atoms with van der Waals surface area (Å²) >= 11 is 17.8. The Morgan fingerprint density at radius 3 is 2.83 bits per heavy atom. The van der Waals surface area contributed by atoms with Gasteiger partial charge in [-0.3, -0.25) is 0 Å². The van der Waals surface area contributed by atoms with Gasteiger partial charge < -0.3 is 5.32 Å². The van der Waals surface area contributed by atoms with Crippen LogP contribution in [-0.4, -0.2) is 16.3 Å². The number of thiophene rings is 1. The molecule has 1 N–H and O–H groups in total. The lowest BCUT2D eigenvalue weighted by Gasteiger charge is -2.11. The predicted molar refractivity (Wildman–Crippen MR) is 106 cm³/mol. The zero-order chi connectivity index (χ0) is 16.7. The largest absolute Gasteiger partial charge is 0.370 e. The van der Waals surface area contributed by atoms with E-state index in [-0.39, 0.29) is 0 Å². The number of nitrogens with one attached hydrogen (secondary N) is 1. The van der Waals surface area contributed by atoms with Crippen LogP contribution < -0.4 is 5.32 Å². The van der Waals surface area contributed by atoms with Crippen molar-refractivity contribution in [3.05, 3.63) is 49.7 Å². The van der Waals surface area contributed by atoms with Crippen molar-refractivity contribution < 1.29 is 0 Å². The minimum Gasteiger partial charge on any atom is -0.370 e. The van der Waals surface area contributed by atoms with Crippen molar-refractivity contribution in [3.8, 4) is 16.3 Å². The molecule has 1 aliphatic rings.